The summed E-state index contributed by atoms with van der Waals surface area (Å²) in [6.07, 6.45) is 1.20. The number of carbonyl (C=O) groups excluding carboxylic acids is 1. The van der Waals surface area contributed by atoms with E-state index in [1.165, 1.54) is 16.7 Å². The summed E-state index contributed by atoms with van der Waals surface area (Å²) in [5, 5.41) is 0. The Kier molecular flexibility index (Phi) is 4.61. The number of carbonyl (C=O) groups is 1. The Morgan fingerprint density at radius 1 is 1.18 bits per heavy atom. The van der Waals surface area contributed by atoms with Gasteiger partial charge in [0.1, 0.15) is 5.82 Å². The van der Waals surface area contributed by atoms with Crippen molar-refractivity contribution in [3.05, 3.63) is 64.9 Å². The van der Waals surface area contributed by atoms with E-state index in [2.05, 4.69) is 0 Å². The minimum Gasteiger partial charge on any atom is -0.357 e. The fourth-order valence-corrected chi connectivity index (χ4v) is 3.62. The summed E-state index contributed by atoms with van der Waals surface area (Å²) >= 11 is 6.26. The molecule has 1 amide bonds. The van der Waals surface area contributed by atoms with Gasteiger partial charge in [-0.15, -0.1) is 0 Å². The summed E-state index contributed by atoms with van der Waals surface area (Å²) in [6, 6.07) is 2.83. The van der Waals surface area contributed by atoms with Crippen molar-refractivity contribution in [2.24, 2.45) is 0 Å². The monoisotopic (exact) mass is 413 g/mol. The molecule has 1 aromatic carbocycles. The number of nitrogens with zero attached hydrogens (tertiary/aromatic N) is 3. The molecule has 0 unspecified atom stereocenters. The lowest BCUT2D eigenvalue weighted by atomic mass is 10.00. The largest absolute Gasteiger partial charge is 0.419 e. The molecule has 9 heteroatoms. The second-order valence-corrected chi connectivity index (χ2v) is 7.19. The van der Waals surface area contributed by atoms with E-state index in [0.29, 0.717) is 23.5 Å². The van der Waals surface area contributed by atoms with Crippen LogP contribution in [0.3, 0.4) is 0 Å². The maximum absolute atomic E-state index is 13.6. The van der Waals surface area contributed by atoms with E-state index in [9.17, 15) is 22.4 Å². The van der Waals surface area contributed by atoms with Crippen LogP contribution in [0.5, 0.6) is 0 Å². The van der Waals surface area contributed by atoms with Gasteiger partial charge in [0, 0.05) is 43.2 Å². The SMILES string of the molecule is O=C(CN1CC=C2C1=CC(c1ccc(F)c(C(F)(F)F)c1)=CN2Cl)N1CCC1. The number of allylic oxidation sites excluding steroid dienone is 2. The zero-order valence-electron chi connectivity index (χ0n) is 14.6. The van der Waals surface area contributed by atoms with Crippen molar-refractivity contribution in [3.8, 4) is 0 Å². The number of amides is 1. The molecule has 0 atom stereocenters. The lowest BCUT2D eigenvalue weighted by Gasteiger charge is -2.34. The lowest BCUT2D eigenvalue weighted by Crippen LogP contribution is -2.46. The van der Waals surface area contributed by atoms with Crippen LogP contribution in [0.1, 0.15) is 17.5 Å². The van der Waals surface area contributed by atoms with Crippen molar-refractivity contribution in [1.29, 1.82) is 0 Å². The number of hydrogen-bond acceptors (Lipinski definition) is 3. The molecular weight excluding hydrogens is 398 g/mol. The molecule has 0 saturated carbocycles. The number of benzene rings is 1. The second-order valence-electron chi connectivity index (χ2n) is 6.82. The summed E-state index contributed by atoms with van der Waals surface area (Å²) in [7, 11) is 0. The molecule has 4 nitrogen and oxygen atoms in total. The highest BCUT2D eigenvalue weighted by Crippen LogP contribution is 2.38. The van der Waals surface area contributed by atoms with Gasteiger partial charge >= 0.3 is 6.18 Å². The quantitative estimate of drug-likeness (QED) is 0.554. The first-order valence-electron chi connectivity index (χ1n) is 8.73. The minimum absolute atomic E-state index is 0.000153. The van der Waals surface area contributed by atoms with Crippen LogP contribution in [-0.4, -0.2) is 46.3 Å². The smallest absolute Gasteiger partial charge is 0.357 e. The van der Waals surface area contributed by atoms with Gasteiger partial charge in [-0.3, -0.25) is 9.21 Å². The maximum atomic E-state index is 13.6. The number of halogens is 5. The normalized spacial score (nSPS) is 19.0. The first-order valence-corrected chi connectivity index (χ1v) is 9.07. The van der Waals surface area contributed by atoms with E-state index in [4.69, 9.17) is 11.8 Å². The molecule has 0 aromatic heterocycles. The molecule has 3 aliphatic heterocycles. The van der Waals surface area contributed by atoms with Crippen molar-refractivity contribution in [3.63, 3.8) is 0 Å². The standard InChI is InChI=1S/C19H16ClF4N3O/c20-27-10-13(12-2-3-15(21)14(8-12)19(22,23)24)9-17-16(27)4-7-26(17)11-18(28)25-5-1-6-25/h2-4,8-10H,1,5-7,11H2. The number of rotatable bonds is 3. The van der Waals surface area contributed by atoms with Gasteiger partial charge in [0.05, 0.1) is 23.5 Å². The molecule has 0 N–H and O–H groups in total. The van der Waals surface area contributed by atoms with Crippen molar-refractivity contribution >= 4 is 23.3 Å². The van der Waals surface area contributed by atoms with Gasteiger partial charge in [0.25, 0.3) is 0 Å². The van der Waals surface area contributed by atoms with Gasteiger partial charge in [-0.1, -0.05) is 6.07 Å². The summed E-state index contributed by atoms with van der Waals surface area (Å²) in [5.41, 5.74) is 0.574. The third kappa shape index (κ3) is 3.37. The molecule has 0 aliphatic carbocycles. The Morgan fingerprint density at radius 3 is 2.57 bits per heavy atom. The summed E-state index contributed by atoms with van der Waals surface area (Å²) in [6.45, 7) is 2.13. The van der Waals surface area contributed by atoms with Gasteiger partial charge in [0.15, 0.2) is 0 Å². The molecule has 3 heterocycles. The van der Waals surface area contributed by atoms with Crippen LogP contribution in [0, 0.1) is 5.82 Å². The highest BCUT2D eigenvalue weighted by atomic mass is 35.5. The third-order valence-electron chi connectivity index (χ3n) is 5.02. The minimum atomic E-state index is -4.79. The molecule has 0 spiro atoms. The molecule has 3 aliphatic rings. The number of hydrogen-bond donors (Lipinski definition) is 0. The molecular formula is C19H16ClF4N3O. The van der Waals surface area contributed by atoms with Gasteiger partial charge in [-0.05, 0) is 36.3 Å². The van der Waals surface area contributed by atoms with Crippen LogP contribution < -0.4 is 0 Å². The van der Waals surface area contributed by atoms with Crippen LogP contribution in [0.15, 0.2) is 47.9 Å². The molecule has 0 radical (unpaired) electrons. The molecule has 4 rings (SSSR count). The van der Waals surface area contributed by atoms with Crippen LogP contribution >= 0.6 is 11.8 Å². The zero-order chi connectivity index (χ0) is 20.1. The summed E-state index contributed by atoms with van der Waals surface area (Å²) in [5.74, 6) is -1.33. The lowest BCUT2D eigenvalue weighted by molar-refractivity contribution is -0.140. The van der Waals surface area contributed by atoms with Crippen LogP contribution in [0.2, 0.25) is 0 Å². The number of alkyl halides is 3. The first-order chi connectivity index (χ1) is 13.2. The molecule has 0 bridgehead atoms. The Bertz CT molecular complexity index is 918. The number of likely N-dealkylation sites (tertiary alicyclic amines) is 1. The Hall–Kier alpha value is -2.48. The zero-order valence-corrected chi connectivity index (χ0v) is 15.4. The van der Waals surface area contributed by atoms with Gasteiger partial charge in [-0.25, -0.2) is 4.39 Å². The Labute approximate surface area is 164 Å². The molecule has 28 heavy (non-hydrogen) atoms. The van der Waals surface area contributed by atoms with Gasteiger partial charge < -0.3 is 9.80 Å². The Balaban J connectivity index is 1.63. The fraction of sp³-hybridized carbons (Fsp3) is 0.316. The Morgan fingerprint density at radius 2 is 1.93 bits per heavy atom. The predicted octanol–water partition coefficient (Wildman–Crippen LogP) is 3.97. The average Bonchev–Trinajstić information content (AvgIpc) is 2.96. The van der Waals surface area contributed by atoms with Crippen molar-refractivity contribution < 1.29 is 22.4 Å². The van der Waals surface area contributed by atoms with E-state index in [1.807, 2.05) is 11.0 Å². The third-order valence-corrected chi connectivity index (χ3v) is 5.30. The van der Waals surface area contributed by atoms with Gasteiger partial charge in [-0.2, -0.15) is 13.2 Å². The van der Waals surface area contributed by atoms with E-state index in [0.717, 1.165) is 31.6 Å². The molecule has 1 aromatic rings. The van der Waals surface area contributed by atoms with Crippen LogP contribution in [-0.2, 0) is 11.0 Å². The molecule has 148 valence electrons. The van der Waals surface area contributed by atoms with Crippen molar-refractivity contribution in [1.82, 2.24) is 14.2 Å². The van der Waals surface area contributed by atoms with E-state index < -0.39 is 17.6 Å². The average molecular weight is 414 g/mol. The topological polar surface area (TPSA) is 26.8 Å². The van der Waals surface area contributed by atoms with Crippen LogP contribution in [0.4, 0.5) is 17.6 Å². The summed E-state index contributed by atoms with van der Waals surface area (Å²) in [4.78, 5) is 15.9. The predicted molar refractivity (Wildman–Crippen MR) is 96.0 cm³/mol. The van der Waals surface area contributed by atoms with Crippen LogP contribution in [0.25, 0.3) is 5.57 Å². The van der Waals surface area contributed by atoms with Crippen molar-refractivity contribution in [2.75, 3.05) is 26.2 Å². The highest BCUT2D eigenvalue weighted by molar-refractivity contribution is 6.16. The van der Waals surface area contributed by atoms with Crippen molar-refractivity contribution in [2.45, 2.75) is 12.6 Å². The maximum Gasteiger partial charge on any atom is 0.419 e. The molecule has 1 saturated heterocycles. The fourth-order valence-electron chi connectivity index (χ4n) is 3.36. The second kappa shape index (κ2) is 6.84. The van der Waals surface area contributed by atoms with Gasteiger partial charge in [0.2, 0.25) is 5.91 Å². The summed E-state index contributed by atoms with van der Waals surface area (Å²) < 4.78 is 54.0. The highest BCUT2D eigenvalue weighted by Gasteiger charge is 2.35. The first kappa shape index (κ1) is 18.9. The number of fused-ring (bicyclic) bond motifs is 1. The molecule has 1 fully saturated rings. The van der Waals surface area contributed by atoms with E-state index in [-0.39, 0.29) is 18.0 Å². The van der Waals surface area contributed by atoms with E-state index >= 15 is 0 Å². The van der Waals surface area contributed by atoms with E-state index in [1.54, 1.807) is 11.0 Å².